The van der Waals surface area contributed by atoms with E-state index in [9.17, 15) is 25.5 Å². The van der Waals surface area contributed by atoms with Crippen LogP contribution in [0.1, 0.15) is 11.1 Å². The fourth-order valence-electron chi connectivity index (χ4n) is 2.53. The Bertz CT molecular complexity index is 1070. The summed E-state index contributed by atoms with van der Waals surface area (Å²) in [6, 6.07) is 13.8. The van der Waals surface area contributed by atoms with Crippen molar-refractivity contribution >= 4 is 28.1 Å². The van der Waals surface area contributed by atoms with Crippen molar-refractivity contribution in [3.05, 3.63) is 79.9 Å². The lowest BCUT2D eigenvalue weighted by atomic mass is 10.1. The van der Waals surface area contributed by atoms with Gasteiger partial charge in [-0.2, -0.15) is 5.26 Å². The van der Waals surface area contributed by atoms with Crippen molar-refractivity contribution < 1.29 is 9.85 Å². The third-order valence-corrected chi connectivity index (χ3v) is 3.77. The summed E-state index contributed by atoms with van der Waals surface area (Å²) in [6.07, 6.45) is 0. The van der Waals surface area contributed by atoms with Crippen molar-refractivity contribution in [2.24, 2.45) is 0 Å². The molecule has 9 nitrogen and oxygen atoms in total. The van der Waals surface area contributed by atoms with Crippen LogP contribution in [0.5, 0.6) is 0 Å². The van der Waals surface area contributed by atoms with Crippen LogP contribution < -0.4 is 5.32 Å². The molecule has 0 saturated heterocycles. The van der Waals surface area contributed by atoms with Crippen LogP contribution in [0, 0.1) is 31.6 Å². The quantitative estimate of drug-likeness (QED) is 0.549. The number of aromatic nitrogens is 1. The van der Waals surface area contributed by atoms with Crippen LogP contribution in [-0.4, -0.2) is 14.8 Å². The van der Waals surface area contributed by atoms with Gasteiger partial charge >= 0.3 is 0 Å². The van der Waals surface area contributed by atoms with E-state index in [1.54, 1.807) is 18.2 Å². The number of nitrogens with one attached hydrogen (secondary N) is 1. The van der Waals surface area contributed by atoms with E-state index < -0.39 is 9.85 Å². The molecule has 9 heteroatoms. The summed E-state index contributed by atoms with van der Waals surface area (Å²) >= 11 is 0. The number of anilines is 1. The molecule has 0 aliphatic heterocycles. The Morgan fingerprint density at radius 3 is 2.54 bits per heavy atom. The molecule has 1 N–H and O–H groups in total. The number of nitro benzene ring substituents is 2. The van der Waals surface area contributed by atoms with E-state index in [-0.39, 0.29) is 23.5 Å². The number of rotatable bonds is 5. The van der Waals surface area contributed by atoms with Crippen molar-refractivity contribution in [3.63, 3.8) is 0 Å². The molecule has 0 aliphatic rings. The lowest BCUT2D eigenvalue weighted by molar-refractivity contribution is -0.385. The first-order chi connectivity index (χ1) is 12.5. The Balaban J connectivity index is 1.95. The predicted octanol–water partition coefficient (Wildman–Crippen LogP) is 3.53. The van der Waals surface area contributed by atoms with E-state index in [1.807, 2.05) is 6.07 Å². The van der Waals surface area contributed by atoms with Gasteiger partial charge in [-0.05, 0) is 12.1 Å². The Morgan fingerprint density at radius 2 is 1.85 bits per heavy atom. The summed E-state index contributed by atoms with van der Waals surface area (Å²) in [5, 5.41) is 34.6. The van der Waals surface area contributed by atoms with Gasteiger partial charge in [-0.25, -0.2) is 4.98 Å². The number of hydrogen-bond donors (Lipinski definition) is 1. The minimum absolute atomic E-state index is 0.0167. The van der Waals surface area contributed by atoms with Crippen LogP contribution in [-0.2, 0) is 6.54 Å². The zero-order valence-electron chi connectivity index (χ0n) is 13.2. The van der Waals surface area contributed by atoms with Crippen molar-refractivity contribution in [1.29, 1.82) is 5.26 Å². The van der Waals surface area contributed by atoms with E-state index in [0.717, 1.165) is 0 Å². The molecule has 0 spiro atoms. The van der Waals surface area contributed by atoms with Crippen LogP contribution in [0.4, 0.5) is 17.2 Å². The van der Waals surface area contributed by atoms with Crippen LogP contribution >= 0.6 is 0 Å². The standard InChI is InChI=1S/C17H11N5O4/c18-9-12-7-17(19-10-11-3-1-2-4-16(11)22(25)26)20-15-6-5-13(21(23)24)8-14(12)15/h1-8H,10H2,(H,19,20). The Labute approximate surface area is 146 Å². The number of pyridine rings is 1. The monoisotopic (exact) mass is 349 g/mol. The van der Waals surface area contributed by atoms with Gasteiger partial charge in [-0.3, -0.25) is 20.2 Å². The normalized spacial score (nSPS) is 10.3. The molecule has 0 aliphatic carbocycles. The highest BCUT2D eigenvalue weighted by Crippen LogP contribution is 2.25. The Morgan fingerprint density at radius 1 is 1.08 bits per heavy atom. The molecular formula is C17H11N5O4. The number of hydrogen-bond acceptors (Lipinski definition) is 7. The Hall–Kier alpha value is -4.06. The van der Waals surface area contributed by atoms with E-state index in [1.165, 1.54) is 30.3 Å². The van der Waals surface area contributed by atoms with Gasteiger partial charge in [0.2, 0.25) is 0 Å². The number of fused-ring (bicyclic) bond motifs is 1. The molecule has 0 fully saturated rings. The zero-order valence-corrected chi connectivity index (χ0v) is 13.2. The van der Waals surface area contributed by atoms with Gasteiger partial charge in [0.15, 0.2) is 0 Å². The van der Waals surface area contributed by atoms with Crippen LogP contribution in [0.3, 0.4) is 0 Å². The number of non-ortho nitro benzene ring substituents is 1. The molecule has 1 heterocycles. The first-order valence-electron chi connectivity index (χ1n) is 7.45. The minimum Gasteiger partial charge on any atom is -0.366 e. The maximum Gasteiger partial charge on any atom is 0.274 e. The van der Waals surface area contributed by atoms with Crippen molar-refractivity contribution in [3.8, 4) is 6.07 Å². The summed E-state index contributed by atoms with van der Waals surface area (Å²) in [4.78, 5) is 25.3. The van der Waals surface area contributed by atoms with Crippen molar-refractivity contribution in [1.82, 2.24) is 4.98 Å². The SMILES string of the molecule is N#Cc1cc(NCc2ccccc2[N+](=O)[O-])nc2ccc([N+](=O)[O-])cc12. The van der Waals surface area contributed by atoms with Gasteiger partial charge in [0.05, 0.1) is 27.0 Å². The number of para-hydroxylation sites is 1. The smallest absolute Gasteiger partial charge is 0.274 e. The average Bonchev–Trinajstić information content (AvgIpc) is 2.65. The molecule has 0 radical (unpaired) electrons. The molecule has 26 heavy (non-hydrogen) atoms. The summed E-state index contributed by atoms with van der Waals surface area (Å²) in [7, 11) is 0. The molecule has 2 aromatic carbocycles. The molecule has 0 bridgehead atoms. The van der Waals surface area contributed by atoms with Gasteiger partial charge in [0.25, 0.3) is 11.4 Å². The Kier molecular flexibility index (Phi) is 4.40. The number of benzene rings is 2. The van der Waals surface area contributed by atoms with Crippen LogP contribution in [0.25, 0.3) is 10.9 Å². The molecule has 3 rings (SSSR count). The first-order valence-corrected chi connectivity index (χ1v) is 7.45. The number of nitrogens with zero attached hydrogens (tertiary/aromatic N) is 4. The molecule has 0 saturated carbocycles. The highest BCUT2D eigenvalue weighted by molar-refractivity contribution is 5.88. The maximum absolute atomic E-state index is 11.1. The second kappa shape index (κ2) is 6.82. The van der Waals surface area contributed by atoms with Crippen LogP contribution in [0.15, 0.2) is 48.5 Å². The third kappa shape index (κ3) is 3.25. The number of nitro groups is 2. The maximum atomic E-state index is 11.1. The van der Waals surface area contributed by atoms with Crippen molar-refractivity contribution in [2.75, 3.05) is 5.32 Å². The van der Waals surface area contributed by atoms with Gasteiger partial charge in [-0.15, -0.1) is 0 Å². The third-order valence-electron chi connectivity index (χ3n) is 3.77. The molecule has 1 aromatic heterocycles. The average molecular weight is 349 g/mol. The summed E-state index contributed by atoms with van der Waals surface area (Å²) in [5.41, 5.74) is 0.971. The zero-order chi connectivity index (χ0) is 18.7. The summed E-state index contributed by atoms with van der Waals surface area (Å²) in [6.45, 7) is 0.146. The summed E-state index contributed by atoms with van der Waals surface area (Å²) in [5.74, 6) is 0.348. The molecule has 0 unspecified atom stereocenters. The van der Waals surface area contributed by atoms with Crippen molar-refractivity contribution in [2.45, 2.75) is 6.54 Å². The molecule has 3 aromatic rings. The highest BCUT2D eigenvalue weighted by atomic mass is 16.6. The number of nitriles is 1. The topological polar surface area (TPSA) is 135 Å². The van der Waals surface area contributed by atoms with Gasteiger partial charge < -0.3 is 5.32 Å². The van der Waals surface area contributed by atoms with Gasteiger partial charge in [-0.1, -0.05) is 18.2 Å². The van der Waals surface area contributed by atoms with E-state index in [4.69, 9.17) is 0 Å². The van der Waals surface area contributed by atoms with Gasteiger partial charge in [0, 0.05) is 35.7 Å². The van der Waals surface area contributed by atoms with Gasteiger partial charge in [0.1, 0.15) is 5.82 Å². The second-order valence-corrected chi connectivity index (χ2v) is 5.36. The van der Waals surface area contributed by atoms with E-state index >= 15 is 0 Å². The lowest BCUT2D eigenvalue weighted by Crippen LogP contribution is -2.05. The summed E-state index contributed by atoms with van der Waals surface area (Å²) < 4.78 is 0. The van der Waals surface area contributed by atoms with E-state index in [2.05, 4.69) is 10.3 Å². The minimum atomic E-state index is -0.540. The molecule has 0 amide bonds. The molecule has 0 atom stereocenters. The molecular weight excluding hydrogens is 338 g/mol. The lowest BCUT2D eigenvalue weighted by Gasteiger charge is -2.08. The van der Waals surface area contributed by atoms with E-state index in [0.29, 0.717) is 22.3 Å². The first kappa shape index (κ1) is 16.8. The van der Waals surface area contributed by atoms with Crippen LogP contribution in [0.2, 0.25) is 0 Å². The largest absolute Gasteiger partial charge is 0.366 e. The fraction of sp³-hybridized carbons (Fsp3) is 0.0588. The second-order valence-electron chi connectivity index (χ2n) is 5.36. The predicted molar refractivity (Wildman–Crippen MR) is 93.5 cm³/mol. The molecule has 128 valence electrons. The fourth-order valence-corrected chi connectivity index (χ4v) is 2.53. The highest BCUT2D eigenvalue weighted by Gasteiger charge is 2.14.